The number of hydrogen-bond donors (Lipinski definition) is 0. The Labute approximate surface area is 76.0 Å². The summed E-state index contributed by atoms with van der Waals surface area (Å²) in [6, 6.07) is 0. The molecule has 1 heterocycles. The van der Waals surface area contributed by atoms with Crippen LogP contribution in [0.5, 0.6) is 0 Å². The topological polar surface area (TPSA) is 61.8 Å². The molecule has 13 heavy (non-hydrogen) atoms. The third kappa shape index (κ3) is 1.80. The summed E-state index contributed by atoms with van der Waals surface area (Å²) in [5.74, 6) is -2.66. The number of esters is 2. The van der Waals surface area contributed by atoms with E-state index in [0.29, 0.717) is 0 Å². The first-order chi connectivity index (χ1) is 6.14. The van der Waals surface area contributed by atoms with Crippen molar-refractivity contribution in [1.29, 1.82) is 0 Å². The molecule has 0 aliphatic carbocycles. The first-order valence-corrected chi connectivity index (χ1v) is 4.17. The van der Waals surface area contributed by atoms with Crippen LogP contribution in [0.4, 0.5) is 0 Å². The second-order valence-electron chi connectivity index (χ2n) is 2.59. The Morgan fingerprint density at radius 2 is 2.31 bits per heavy atom. The van der Waals surface area contributed by atoms with Gasteiger partial charge in [0.25, 0.3) is 0 Å². The van der Waals surface area contributed by atoms with E-state index in [4.69, 9.17) is 14.2 Å². The lowest BCUT2D eigenvalue weighted by molar-refractivity contribution is -0.208. The van der Waals surface area contributed by atoms with Gasteiger partial charge in [-0.3, -0.25) is 0 Å². The minimum Gasteiger partial charge on any atom is -0.461 e. The van der Waals surface area contributed by atoms with E-state index in [1.54, 1.807) is 13.8 Å². The van der Waals surface area contributed by atoms with Gasteiger partial charge in [-0.2, -0.15) is 0 Å². The molecular formula is C8H12O5. The number of cyclic esters (lactones) is 1. The van der Waals surface area contributed by atoms with Crippen molar-refractivity contribution in [2.24, 2.45) is 0 Å². The van der Waals surface area contributed by atoms with Gasteiger partial charge >= 0.3 is 17.7 Å². The fraction of sp³-hybridized carbons (Fsp3) is 0.750. The van der Waals surface area contributed by atoms with Gasteiger partial charge in [-0.05, 0) is 6.92 Å². The van der Waals surface area contributed by atoms with E-state index < -0.39 is 17.7 Å². The first-order valence-electron chi connectivity index (χ1n) is 4.17. The zero-order valence-electron chi connectivity index (χ0n) is 7.66. The van der Waals surface area contributed by atoms with Gasteiger partial charge in [0.1, 0.15) is 6.61 Å². The van der Waals surface area contributed by atoms with Crippen LogP contribution < -0.4 is 0 Å². The molecule has 0 N–H and O–H groups in total. The summed E-state index contributed by atoms with van der Waals surface area (Å²) in [4.78, 5) is 22.1. The number of rotatable bonds is 3. The second-order valence-corrected chi connectivity index (χ2v) is 2.59. The second kappa shape index (κ2) is 3.74. The third-order valence-electron chi connectivity index (χ3n) is 1.75. The molecule has 1 aliphatic rings. The van der Waals surface area contributed by atoms with Gasteiger partial charge in [-0.15, -0.1) is 0 Å². The Hall–Kier alpha value is -1.10. The Balaban J connectivity index is 2.70. The fourth-order valence-electron chi connectivity index (χ4n) is 1.08. The van der Waals surface area contributed by atoms with Crippen molar-refractivity contribution in [3.8, 4) is 0 Å². The molecule has 1 unspecified atom stereocenters. The zero-order chi connectivity index (χ0) is 9.90. The highest BCUT2D eigenvalue weighted by Crippen LogP contribution is 2.25. The lowest BCUT2D eigenvalue weighted by Gasteiger charge is -2.21. The fourth-order valence-corrected chi connectivity index (χ4v) is 1.08. The molecule has 1 fully saturated rings. The standard InChI is InChI=1S/C8H12O5/c1-3-8(7(10)11-4-2)12-5-6(9)13-8/h3-5H2,1-2H3. The van der Waals surface area contributed by atoms with E-state index in [1.165, 1.54) is 0 Å². The zero-order valence-corrected chi connectivity index (χ0v) is 7.66. The first kappa shape index (κ1) is 9.98. The highest BCUT2D eigenvalue weighted by atomic mass is 16.8. The maximum Gasteiger partial charge on any atom is 0.379 e. The van der Waals surface area contributed by atoms with E-state index in [-0.39, 0.29) is 19.6 Å². The van der Waals surface area contributed by atoms with Gasteiger partial charge in [0.15, 0.2) is 0 Å². The molecule has 1 saturated heterocycles. The van der Waals surface area contributed by atoms with Crippen molar-refractivity contribution >= 4 is 11.9 Å². The molecule has 1 aliphatic heterocycles. The molecule has 5 nitrogen and oxygen atoms in total. The van der Waals surface area contributed by atoms with Gasteiger partial charge in [0, 0.05) is 6.42 Å². The molecule has 0 saturated carbocycles. The largest absolute Gasteiger partial charge is 0.461 e. The molecule has 1 atom stereocenters. The van der Waals surface area contributed by atoms with Crippen LogP contribution in [0.25, 0.3) is 0 Å². The van der Waals surface area contributed by atoms with Crippen molar-refractivity contribution in [1.82, 2.24) is 0 Å². The molecule has 1 rings (SSSR count). The molecule has 0 aromatic heterocycles. The van der Waals surface area contributed by atoms with Gasteiger partial charge in [-0.1, -0.05) is 6.92 Å². The van der Waals surface area contributed by atoms with Crippen LogP contribution in [0.15, 0.2) is 0 Å². The summed E-state index contributed by atoms with van der Waals surface area (Å²) in [7, 11) is 0. The predicted octanol–water partition coefficient (Wildman–Crippen LogP) is 0.229. The van der Waals surface area contributed by atoms with E-state index in [0.717, 1.165) is 0 Å². The summed E-state index contributed by atoms with van der Waals surface area (Å²) in [5.41, 5.74) is 0. The third-order valence-corrected chi connectivity index (χ3v) is 1.75. The summed E-state index contributed by atoms with van der Waals surface area (Å²) in [6.07, 6.45) is 0.261. The van der Waals surface area contributed by atoms with Crippen molar-refractivity contribution in [3.05, 3.63) is 0 Å². The predicted molar refractivity (Wildman–Crippen MR) is 41.7 cm³/mol. The van der Waals surface area contributed by atoms with Crippen LogP contribution in [0, 0.1) is 0 Å². The van der Waals surface area contributed by atoms with Crippen LogP contribution in [0.1, 0.15) is 20.3 Å². The Kier molecular flexibility index (Phi) is 2.87. The quantitative estimate of drug-likeness (QED) is 0.593. The molecule has 5 heteroatoms. The van der Waals surface area contributed by atoms with Crippen LogP contribution in [0.2, 0.25) is 0 Å². The minimum atomic E-state index is -1.49. The SMILES string of the molecule is CCOC(=O)C1(CC)OCC(=O)O1. The number of ether oxygens (including phenoxy) is 3. The van der Waals surface area contributed by atoms with Crippen molar-refractivity contribution in [2.45, 2.75) is 26.1 Å². The highest BCUT2D eigenvalue weighted by molar-refractivity contribution is 5.84. The van der Waals surface area contributed by atoms with Gasteiger partial charge < -0.3 is 14.2 Å². The average molecular weight is 188 g/mol. The Morgan fingerprint density at radius 3 is 2.69 bits per heavy atom. The van der Waals surface area contributed by atoms with Crippen LogP contribution in [-0.4, -0.2) is 30.9 Å². The van der Waals surface area contributed by atoms with Gasteiger partial charge in [0.05, 0.1) is 6.61 Å². The molecule has 0 bridgehead atoms. The molecule has 0 amide bonds. The summed E-state index contributed by atoms with van der Waals surface area (Å²) >= 11 is 0. The van der Waals surface area contributed by atoms with E-state index >= 15 is 0 Å². The molecule has 0 aromatic rings. The Morgan fingerprint density at radius 1 is 1.62 bits per heavy atom. The van der Waals surface area contributed by atoms with Crippen molar-refractivity contribution in [3.63, 3.8) is 0 Å². The van der Waals surface area contributed by atoms with Crippen LogP contribution >= 0.6 is 0 Å². The normalized spacial score (nSPS) is 27.1. The summed E-state index contributed by atoms with van der Waals surface area (Å²) < 4.78 is 14.5. The molecule has 0 radical (unpaired) electrons. The van der Waals surface area contributed by atoms with Crippen molar-refractivity contribution < 1.29 is 23.8 Å². The van der Waals surface area contributed by atoms with Crippen LogP contribution in [-0.2, 0) is 23.8 Å². The number of hydrogen-bond acceptors (Lipinski definition) is 5. The monoisotopic (exact) mass is 188 g/mol. The minimum absolute atomic E-state index is 0.188. The number of carbonyl (C=O) groups is 2. The molecule has 0 spiro atoms. The maximum absolute atomic E-state index is 11.3. The maximum atomic E-state index is 11.3. The Bertz CT molecular complexity index is 225. The lowest BCUT2D eigenvalue weighted by atomic mass is 10.2. The molecular weight excluding hydrogens is 176 g/mol. The van der Waals surface area contributed by atoms with E-state index in [9.17, 15) is 9.59 Å². The summed E-state index contributed by atoms with van der Waals surface area (Å²) in [5, 5.41) is 0. The van der Waals surface area contributed by atoms with Crippen molar-refractivity contribution in [2.75, 3.05) is 13.2 Å². The molecule has 74 valence electrons. The smallest absolute Gasteiger partial charge is 0.379 e. The highest BCUT2D eigenvalue weighted by Gasteiger charge is 2.48. The summed E-state index contributed by atoms with van der Waals surface area (Å²) in [6.45, 7) is 3.42. The van der Waals surface area contributed by atoms with Crippen LogP contribution in [0.3, 0.4) is 0 Å². The average Bonchev–Trinajstić information content (AvgIpc) is 2.49. The van der Waals surface area contributed by atoms with Gasteiger partial charge in [-0.25, -0.2) is 9.59 Å². The van der Waals surface area contributed by atoms with E-state index in [1.807, 2.05) is 0 Å². The van der Waals surface area contributed by atoms with E-state index in [2.05, 4.69) is 0 Å². The lowest BCUT2D eigenvalue weighted by Crippen LogP contribution is -2.41. The molecule has 0 aromatic carbocycles. The van der Waals surface area contributed by atoms with Gasteiger partial charge in [0.2, 0.25) is 0 Å². The number of carbonyl (C=O) groups excluding carboxylic acids is 2.